The van der Waals surface area contributed by atoms with Crippen molar-refractivity contribution < 1.29 is 14.0 Å². The average molecular weight is 389 g/mol. The van der Waals surface area contributed by atoms with Gasteiger partial charge in [0.05, 0.1) is 6.54 Å². The first kappa shape index (κ1) is 20.8. The number of nitrogens with zero attached hydrogens (tertiary/aromatic N) is 2. The van der Waals surface area contributed by atoms with Gasteiger partial charge < -0.3 is 9.80 Å². The maximum absolute atomic E-state index is 13.2. The number of amides is 2. The third-order valence-corrected chi connectivity index (χ3v) is 4.91. The zero-order chi connectivity index (χ0) is 19.8. The normalized spacial score (nSPS) is 10.7. The van der Waals surface area contributed by atoms with Gasteiger partial charge in [-0.15, -0.1) is 17.9 Å². The molecule has 4 nitrogen and oxygen atoms in total. The van der Waals surface area contributed by atoms with Crippen molar-refractivity contribution in [2.75, 3.05) is 13.1 Å². The van der Waals surface area contributed by atoms with Crippen molar-refractivity contribution in [3.8, 4) is 0 Å². The van der Waals surface area contributed by atoms with Crippen molar-refractivity contribution in [3.63, 3.8) is 0 Å². The topological polar surface area (TPSA) is 40.6 Å². The summed E-state index contributed by atoms with van der Waals surface area (Å²) in [5.74, 6) is -0.736. The van der Waals surface area contributed by atoms with E-state index < -0.39 is 0 Å². The molecule has 1 heterocycles. The Labute approximate surface area is 163 Å². The molecule has 0 radical (unpaired) electrons. The molecule has 0 atom stereocenters. The van der Waals surface area contributed by atoms with E-state index in [2.05, 4.69) is 6.58 Å². The molecular weight excluding hydrogens is 363 g/mol. The van der Waals surface area contributed by atoms with Crippen LogP contribution in [-0.2, 0) is 22.7 Å². The molecule has 0 saturated heterocycles. The molecule has 2 aromatic rings. The van der Waals surface area contributed by atoms with Crippen LogP contribution in [-0.4, -0.2) is 34.7 Å². The van der Waals surface area contributed by atoms with E-state index >= 15 is 0 Å². The summed E-state index contributed by atoms with van der Waals surface area (Å²) in [5, 5.41) is 1.96. The molecule has 1 aromatic heterocycles. The van der Waals surface area contributed by atoms with Crippen LogP contribution in [0.4, 0.5) is 4.39 Å². The molecule has 27 heavy (non-hydrogen) atoms. The van der Waals surface area contributed by atoms with Crippen molar-refractivity contribution in [1.29, 1.82) is 0 Å². The van der Waals surface area contributed by atoms with Gasteiger partial charge in [-0.1, -0.05) is 38.1 Å². The van der Waals surface area contributed by atoms with Crippen LogP contribution in [0.2, 0.25) is 0 Å². The van der Waals surface area contributed by atoms with Gasteiger partial charge in [-0.05, 0) is 29.1 Å². The van der Waals surface area contributed by atoms with E-state index in [0.29, 0.717) is 19.6 Å². The number of carbonyl (C=O) groups excluding carboxylic acids is 2. The summed E-state index contributed by atoms with van der Waals surface area (Å²) in [6.07, 6.45) is 1.62. The molecule has 0 spiro atoms. The first-order chi connectivity index (χ1) is 12.9. The van der Waals surface area contributed by atoms with E-state index in [9.17, 15) is 14.0 Å². The maximum Gasteiger partial charge on any atom is 0.242 e. The SMILES string of the molecule is C=CCN(CC(=O)N(Cc1ccc(F)cc1)Cc1cccs1)C(=O)C(C)C. The quantitative estimate of drug-likeness (QED) is 0.607. The zero-order valence-electron chi connectivity index (χ0n) is 15.7. The molecule has 0 aliphatic heterocycles. The van der Waals surface area contributed by atoms with Crippen molar-refractivity contribution in [3.05, 3.63) is 70.7 Å². The van der Waals surface area contributed by atoms with Gasteiger partial charge in [0, 0.05) is 23.9 Å². The van der Waals surface area contributed by atoms with Crippen molar-refractivity contribution in [2.45, 2.75) is 26.9 Å². The highest BCUT2D eigenvalue weighted by atomic mass is 32.1. The number of thiophene rings is 1. The zero-order valence-corrected chi connectivity index (χ0v) is 16.5. The van der Waals surface area contributed by atoms with Crippen LogP contribution < -0.4 is 0 Å². The van der Waals surface area contributed by atoms with E-state index in [1.807, 2.05) is 31.4 Å². The third-order valence-electron chi connectivity index (χ3n) is 4.05. The van der Waals surface area contributed by atoms with Gasteiger partial charge in [-0.25, -0.2) is 4.39 Å². The summed E-state index contributed by atoms with van der Waals surface area (Å²) in [6.45, 7) is 8.43. The average Bonchev–Trinajstić information content (AvgIpc) is 3.15. The minimum absolute atomic E-state index is 0.00436. The summed E-state index contributed by atoms with van der Waals surface area (Å²) in [7, 11) is 0. The molecule has 1 aromatic carbocycles. The van der Waals surface area contributed by atoms with Crippen LogP contribution in [0.15, 0.2) is 54.4 Å². The molecule has 0 unspecified atom stereocenters. The molecule has 144 valence electrons. The first-order valence-electron chi connectivity index (χ1n) is 8.85. The van der Waals surface area contributed by atoms with Crippen LogP contribution in [0.3, 0.4) is 0 Å². The van der Waals surface area contributed by atoms with Crippen LogP contribution in [0.25, 0.3) is 0 Å². The number of hydrogen-bond acceptors (Lipinski definition) is 3. The second kappa shape index (κ2) is 10.0. The molecule has 6 heteroatoms. The summed E-state index contributed by atoms with van der Waals surface area (Å²) in [4.78, 5) is 29.6. The minimum atomic E-state index is -0.311. The van der Waals surface area contributed by atoms with Crippen LogP contribution >= 0.6 is 11.3 Å². The lowest BCUT2D eigenvalue weighted by molar-refractivity contribution is -0.142. The fourth-order valence-corrected chi connectivity index (χ4v) is 3.37. The molecular formula is C21H25FN2O2S. The van der Waals surface area contributed by atoms with Gasteiger partial charge in [0.1, 0.15) is 12.4 Å². The second-order valence-electron chi connectivity index (χ2n) is 6.62. The van der Waals surface area contributed by atoms with E-state index in [1.165, 1.54) is 17.0 Å². The number of halogens is 1. The van der Waals surface area contributed by atoms with Crippen LogP contribution in [0.5, 0.6) is 0 Å². The van der Waals surface area contributed by atoms with Gasteiger partial charge in [-0.2, -0.15) is 0 Å². The molecule has 2 rings (SSSR count). The Morgan fingerprint density at radius 1 is 1.15 bits per heavy atom. The van der Waals surface area contributed by atoms with Gasteiger partial charge >= 0.3 is 0 Å². The highest BCUT2D eigenvalue weighted by molar-refractivity contribution is 7.09. The Hall–Kier alpha value is -2.47. The number of rotatable bonds is 9. The maximum atomic E-state index is 13.2. The molecule has 2 amide bonds. The smallest absolute Gasteiger partial charge is 0.242 e. The largest absolute Gasteiger partial charge is 0.332 e. The molecule has 0 N–H and O–H groups in total. The van der Waals surface area contributed by atoms with Crippen LogP contribution in [0, 0.1) is 11.7 Å². The van der Waals surface area contributed by atoms with Crippen LogP contribution in [0.1, 0.15) is 24.3 Å². The monoisotopic (exact) mass is 388 g/mol. The third kappa shape index (κ3) is 6.32. The summed E-state index contributed by atoms with van der Waals surface area (Å²) in [5.41, 5.74) is 0.840. The van der Waals surface area contributed by atoms with E-state index in [1.54, 1.807) is 34.4 Å². The fraction of sp³-hybridized carbons (Fsp3) is 0.333. The molecule has 0 saturated carbocycles. The lowest BCUT2D eigenvalue weighted by atomic mass is 10.1. The van der Waals surface area contributed by atoms with Gasteiger partial charge in [0.15, 0.2) is 0 Å². The molecule has 0 bridgehead atoms. The van der Waals surface area contributed by atoms with Gasteiger partial charge in [0.2, 0.25) is 11.8 Å². The number of benzene rings is 1. The first-order valence-corrected chi connectivity index (χ1v) is 9.73. The van der Waals surface area contributed by atoms with Gasteiger partial charge in [0.25, 0.3) is 0 Å². The van der Waals surface area contributed by atoms with E-state index in [-0.39, 0.29) is 30.1 Å². The van der Waals surface area contributed by atoms with Gasteiger partial charge in [-0.3, -0.25) is 9.59 Å². The minimum Gasteiger partial charge on any atom is -0.332 e. The Balaban J connectivity index is 2.17. The Bertz CT molecular complexity index is 757. The predicted molar refractivity (Wildman–Crippen MR) is 107 cm³/mol. The van der Waals surface area contributed by atoms with Crippen molar-refractivity contribution in [1.82, 2.24) is 9.80 Å². The Morgan fingerprint density at radius 2 is 1.85 bits per heavy atom. The Morgan fingerprint density at radius 3 is 2.41 bits per heavy atom. The van der Waals surface area contributed by atoms with Crippen molar-refractivity contribution in [2.24, 2.45) is 5.92 Å². The fourth-order valence-electron chi connectivity index (χ4n) is 2.65. The predicted octanol–water partition coefficient (Wildman–Crippen LogP) is 4.09. The highest BCUT2D eigenvalue weighted by Gasteiger charge is 2.23. The molecule has 0 fully saturated rings. The standard InChI is InChI=1S/C21H25FN2O2S/c1-4-11-23(21(26)16(2)3)15-20(25)24(14-19-6-5-12-27-19)13-17-7-9-18(22)10-8-17/h4-10,12,16H,1,11,13-15H2,2-3H3. The van der Waals surface area contributed by atoms with E-state index in [0.717, 1.165) is 10.4 Å². The number of hydrogen-bond donors (Lipinski definition) is 0. The molecule has 0 aliphatic carbocycles. The summed E-state index contributed by atoms with van der Waals surface area (Å²) in [6, 6.07) is 10.0. The lowest BCUT2D eigenvalue weighted by Gasteiger charge is -2.28. The summed E-state index contributed by atoms with van der Waals surface area (Å²) >= 11 is 1.57. The number of carbonyl (C=O) groups is 2. The highest BCUT2D eigenvalue weighted by Crippen LogP contribution is 2.16. The van der Waals surface area contributed by atoms with Crippen molar-refractivity contribution >= 4 is 23.2 Å². The summed E-state index contributed by atoms with van der Waals surface area (Å²) < 4.78 is 13.2. The van der Waals surface area contributed by atoms with E-state index in [4.69, 9.17) is 0 Å². The second-order valence-corrected chi connectivity index (χ2v) is 7.65. The Kier molecular flexibility index (Phi) is 7.73. The lowest BCUT2D eigenvalue weighted by Crippen LogP contribution is -2.43. The molecule has 0 aliphatic rings.